The van der Waals surface area contributed by atoms with Crippen LogP contribution in [0.1, 0.15) is 99.8 Å². The minimum absolute atomic E-state index is 0.0465. The van der Waals surface area contributed by atoms with Crippen molar-refractivity contribution < 1.29 is 44.5 Å². The second-order valence-corrected chi connectivity index (χ2v) is 18.4. The first-order valence-corrected chi connectivity index (χ1v) is 17.4. The highest BCUT2D eigenvalue weighted by atomic mass is 16.8. The molecular weight excluding hydrogens is 564 g/mol. The second kappa shape index (κ2) is 9.00. The summed E-state index contributed by atoms with van der Waals surface area (Å²) < 4.78 is 25.9. The van der Waals surface area contributed by atoms with Gasteiger partial charge >= 0.3 is 0 Å². The lowest BCUT2D eigenvalue weighted by molar-refractivity contribution is -0.304. The fourth-order valence-electron chi connectivity index (χ4n) is 14.0. The van der Waals surface area contributed by atoms with Crippen LogP contribution in [-0.2, 0) is 18.9 Å². The summed E-state index contributed by atoms with van der Waals surface area (Å²) in [5.74, 6) is 0.319. The van der Waals surface area contributed by atoms with E-state index in [-0.39, 0.29) is 69.7 Å². The van der Waals surface area contributed by atoms with Crippen LogP contribution < -0.4 is 0 Å². The zero-order valence-electron chi connectivity index (χ0n) is 27.7. The minimum atomic E-state index is -1.31. The third kappa shape index (κ3) is 3.53. The minimum Gasteiger partial charge on any atom is -0.393 e. The standard InChI is InChI=1S/C35H56O9/c1-17-12-20-27(30(4,5)40)44-35(43-20)15-32(7)26-18(36)13-21-29(2,3)22(42-28-24(39)23(38)19(37)14-41-28)8-9-33(21)16-34(26,33)11-10-31(32,6)25(17)35/h17-28,36-40H,8-16H2,1-7H3/t17-,18+,19-,20-,21+,22-,23-,24-,25-,26+,27+,28-,31-,32+,33-,34+,35-/m1/s1. The molecule has 3 heterocycles. The molecule has 0 aromatic heterocycles. The normalized spacial score (nSPS) is 62.2. The molecular formula is C35H56O9. The van der Waals surface area contributed by atoms with E-state index in [0.717, 1.165) is 44.9 Å². The SMILES string of the molecule is C[C@@H]1C[C@H]2O[C@]3(C[C@@]4(C)[C@@H]5[C@@H](O)C[C@H]6C(C)(C)[C@H](O[C@H]7OC[C@@H](O)[C@@H](O)[C@H]7O)CC[C@@]67C[C@@]57CC[C@]4(C)[C@@H]13)O[C@@H]2C(C)(C)O. The highest BCUT2D eigenvalue weighted by Gasteiger charge is 2.87. The monoisotopic (exact) mass is 620 g/mol. The Labute approximate surface area is 262 Å². The highest BCUT2D eigenvalue weighted by molar-refractivity contribution is 5.34. The van der Waals surface area contributed by atoms with Gasteiger partial charge in [-0.05, 0) is 104 Å². The van der Waals surface area contributed by atoms with Crippen LogP contribution in [0.4, 0.5) is 0 Å². The van der Waals surface area contributed by atoms with Crippen LogP contribution in [0.2, 0.25) is 0 Å². The van der Waals surface area contributed by atoms with Gasteiger partial charge in [0.2, 0.25) is 0 Å². The maximum Gasteiger partial charge on any atom is 0.186 e. The largest absolute Gasteiger partial charge is 0.393 e. The number of aliphatic hydroxyl groups excluding tert-OH is 4. The molecule has 3 saturated heterocycles. The van der Waals surface area contributed by atoms with Crippen LogP contribution in [0.5, 0.6) is 0 Å². The molecule has 250 valence electrons. The molecule has 8 rings (SSSR count). The van der Waals surface area contributed by atoms with Crippen LogP contribution >= 0.6 is 0 Å². The molecule has 0 unspecified atom stereocenters. The van der Waals surface area contributed by atoms with E-state index in [2.05, 4.69) is 34.6 Å². The van der Waals surface area contributed by atoms with E-state index in [1.165, 1.54) is 0 Å². The zero-order chi connectivity index (χ0) is 31.6. The van der Waals surface area contributed by atoms with Crippen molar-refractivity contribution in [3.8, 4) is 0 Å². The third-order valence-electron chi connectivity index (χ3n) is 15.7. The van der Waals surface area contributed by atoms with Crippen molar-refractivity contribution in [3.05, 3.63) is 0 Å². The molecule has 44 heavy (non-hydrogen) atoms. The summed E-state index contributed by atoms with van der Waals surface area (Å²) >= 11 is 0. The summed E-state index contributed by atoms with van der Waals surface area (Å²) in [6.45, 7) is 15.4. The van der Waals surface area contributed by atoms with Crippen LogP contribution in [-0.4, -0.2) is 92.5 Å². The number of aliphatic hydroxyl groups is 5. The average molecular weight is 621 g/mol. The van der Waals surface area contributed by atoms with Gasteiger partial charge in [0, 0.05) is 12.3 Å². The molecule has 8 aliphatic rings. The summed E-state index contributed by atoms with van der Waals surface area (Å²) in [6.07, 6.45) is 1.70. The number of hydrogen-bond donors (Lipinski definition) is 5. The molecule has 3 spiro atoms. The molecule has 8 fully saturated rings. The summed E-state index contributed by atoms with van der Waals surface area (Å²) in [4.78, 5) is 0. The lowest BCUT2D eigenvalue weighted by Crippen LogP contribution is -2.63. The molecule has 5 N–H and O–H groups in total. The Kier molecular flexibility index (Phi) is 6.33. The predicted molar refractivity (Wildman–Crippen MR) is 159 cm³/mol. The highest BCUT2D eigenvalue weighted by Crippen LogP contribution is 2.90. The molecule has 2 bridgehead atoms. The predicted octanol–water partition coefficient (Wildman–Crippen LogP) is 3.12. The maximum atomic E-state index is 12.4. The molecule has 0 aromatic carbocycles. The number of fused-ring (bicyclic) bond motifs is 4. The summed E-state index contributed by atoms with van der Waals surface area (Å²) in [5.41, 5.74) is -1.28. The number of hydrogen-bond acceptors (Lipinski definition) is 9. The van der Waals surface area contributed by atoms with Crippen LogP contribution in [0.3, 0.4) is 0 Å². The van der Waals surface area contributed by atoms with E-state index in [0.29, 0.717) is 12.3 Å². The fourth-order valence-corrected chi connectivity index (χ4v) is 14.0. The topological polar surface area (TPSA) is 138 Å². The Hall–Kier alpha value is -0.360. The quantitative estimate of drug-likeness (QED) is 0.301. The van der Waals surface area contributed by atoms with Crippen molar-refractivity contribution in [1.29, 1.82) is 0 Å². The van der Waals surface area contributed by atoms with Crippen molar-refractivity contribution in [2.75, 3.05) is 6.61 Å². The van der Waals surface area contributed by atoms with Crippen molar-refractivity contribution in [2.24, 2.45) is 50.7 Å². The molecule has 0 aromatic rings. The maximum absolute atomic E-state index is 12.4. The van der Waals surface area contributed by atoms with Crippen molar-refractivity contribution in [3.63, 3.8) is 0 Å². The van der Waals surface area contributed by atoms with Crippen molar-refractivity contribution >= 4 is 0 Å². The summed E-state index contributed by atoms with van der Waals surface area (Å²) in [6, 6.07) is 0. The van der Waals surface area contributed by atoms with Crippen LogP contribution in [0, 0.1) is 50.7 Å². The van der Waals surface area contributed by atoms with Gasteiger partial charge in [-0.1, -0.05) is 34.6 Å². The Bertz CT molecular complexity index is 1200. The first kappa shape index (κ1) is 30.9. The van der Waals surface area contributed by atoms with Gasteiger partial charge in [0.05, 0.1) is 30.5 Å². The second-order valence-electron chi connectivity index (χ2n) is 18.4. The van der Waals surface area contributed by atoms with E-state index in [4.69, 9.17) is 18.9 Å². The van der Waals surface area contributed by atoms with Crippen LogP contribution in [0.15, 0.2) is 0 Å². The molecule has 0 radical (unpaired) electrons. The van der Waals surface area contributed by atoms with E-state index in [1.54, 1.807) is 0 Å². The van der Waals surface area contributed by atoms with E-state index in [1.807, 2.05) is 13.8 Å². The molecule has 9 heteroatoms. The van der Waals surface area contributed by atoms with Gasteiger partial charge in [0.1, 0.15) is 24.4 Å². The first-order chi connectivity index (χ1) is 20.4. The van der Waals surface area contributed by atoms with Gasteiger partial charge in [-0.15, -0.1) is 0 Å². The Morgan fingerprint density at radius 2 is 1.52 bits per heavy atom. The van der Waals surface area contributed by atoms with E-state index in [9.17, 15) is 25.5 Å². The van der Waals surface area contributed by atoms with Crippen molar-refractivity contribution in [2.45, 2.75) is 160 Å². The van der Waals surface area contributed by atoms with Crippen molar-refractivity contribution in [1.82, 2.24) is 0 Å². The summed E-state index contributed by atoms with van der Waals surface area (Å²) in [7, 11) is 0. The van der Waals surface area contributed by atoms with Gasteiger partial charge in [-0.2, -0.15) is 0 Å². The number of ether oxygens (including phenoxy) is 4. The lowest BCUT2D eigenvalue weighted by Gasteiger charge is -2.64. The van der Waals surface area contributed by atoms with Gasteiger partial charge < -0.3 is 44.5 Å². The van der Waals surface area contributed by atoms with E-state index < -0.39 is 42.1 Å². The molecule has 0 amide bonds. The molecule has 5 aliphatic carbocycles. The Morgan fingerprint density at radius 3 is 2.23 bits per heavy atom. The summed E-state index contributed by atoms with van der Waals surface area (Å²) in [5, 5.41) is 54.2. The zero-order valence-corrected chi connectivity index (χ0v) is 27.7. The number of rotatable bonds is 3. The smallest absolute Gasteiger partial charge is 0.186 e. The fraction of sp³-hybridized carbons (Fsp3) is 1.00. The van der Waals surface area contributed by atoms with Gasteiger partial charge in [0.25, 0.3) is 0 Å². The van der Waals surface area contributed by atoms with Crippen LogP contribution in [0.25, 0.3) is 0 Å². The lowest BCUT2D eigenvalue weighted by atomic mass is 9.41. The Morgan fingerprint density at radius 1 is 0.795 bits per heavy atom. The van der Waals surface area contributed by atoms with E-state index >= 15 is 0 Å². The Balaban J connectivity index is 1.10. The third-order valence-corrected chi connectivity index (χ3v) is 15.7. The molecule has 3 aliphatic heterocycles. The first-order valence-electron chi connectivity index (χ1n) is 17.4. The molecule has 5 saturated carbocycles. The molecule has 17 atom stereocenters. The van der Waals surface area contributed by atoms with Gasteiger partial charge in [0.15, 0.2) is 12.1 Å². The molecule has 9 nitrogen and oxygen atoms in total. The van der Waals surface area contributed by atoms with Gasteiger partial charge in [-0.3, -0.25) is 0 Å². The van der Waals surface area contributed by atoms with Gasteiger partial charge in [-0.25, -0.2) is 0 Å². The average Bonchev–Trinajstić information content (AvgIpc) is 3.38.